The van der Waals surface area contributed by atoms with Crippen molar-refractivity contribution in [1.82, 2.24) is 0 Å². The Morgan fingerprint density at radius 2 is 2.23 bits per heavy atom. The Morgan fingerprint density at radius 3 is 3.00 bits per heavy atom. The maximum absolute atomic E-state index is 11.4. The van der Waals surface area contributed by atoms with Crippen LogP contribution in [-0.4, -0.2) is 12.4 Å². The zero-order valence-electron chi connectivity index (χ0n) is 6.84. The lowest BCUT2D eigenvalue weighted by molar-refractivity contribution is 0.0934. The molecule has 2 N–H and O–H groups in total. The van der Waals surface area contributed by atoms with E-state index in [1.807, 2.05) is 0 Å². The van der Waals surface area contributed by atoms with Crippen LogP contribution in [0.15, 0.2) is 12.1 Å². The van der Waals surface area contributed by atoms with Gasteiger partial charge in [0, 0.05) is 11.4 Å². The number of benzene rings is 1. The number of fused-ring (bicyclic) bond motifs is 1. The fourth-order valence-electron chi connectivity index (χ4n) is 1.36. The van der Waals surface area contributed by atoms with Crippen LogP contribution in [-0.2, 0) is 0 Å². The lowest BCUT2D eigenvalue weighted by atomic mass is 10.0. The summed E-state index contributed by atoms with van der Waals surface area (Å²) in [6.45, 7) is 0.400. The first kappa shape index (κ1) is 8.38. The third kappa shape index (κ3) is 1.35. The van der Waals surface area contributed by atoms with Crippen LogP contribution in [0, 0.1) is 0 Å². The Morgan fingerprint density at radius 1 is 1.46 bits per heavy atom. The standard InChI is InChI=1S/C9H8ClNO2/c10-5-3-6-8(12)1-2-13-9(6)7(11)4-5/h3-4H,1-2,11H2. The van der Waals surface area contributed by atoms with Crippen LogP contribution >= 0.6 is 11.6 Å². The lowest BCUT2D eigenvalue weighted by Gasteiger charge is -2.17. The highest BCUT2D eigenvalue weighted by Crippen LogP contribution is 2.33. The minimum Gasteiger partial charge on any atom is -0.490 e. The number of halogens is 1. The van der Waals surface area contributed by atoms with E-state index >= 15 is 0 Å². The second kappa shape index (κ2) is 2.92. The summed E-state index contributed by atoms with van der Waals surface area (Å²) in [5.41, 5.74) is 6.57. The van der Waals surface area contributed by atoms with Gasteiger partial charge in [0.1, 0.15) is 0 Å². The Bertz CT molecular complexity index is 376. The first-order valence-electron chi connectivity index (χ1n) is 3.93. The van der Waals surface area contributed by atoms with Gasteiger partial charge in [0.25, 0.3) is 0 Å². The molecule has 3 nitrogen and oxygen atoms in total. The number of nitrogen functional groups attached to an aromatic ring is 1. The highest BCUT2D eigenvalue weighted by Gasteiger charge is 2.20. The van der Waals surface area contributed by atoms with Gasteiger partial charge in [-0.1, -0.05) is 11.6 Å². The van der Waals surface area contributed by atoms with Gasteiger partial charge in [-0.15, -0.1) is 0 Å². The predicted octanol–water partition coefficient (Wildman–Crippen LogP) is 1.89. The predicted molar refractivity (Wildman–Crippen MR) is 50.3 cm³/mol. The molecule has 0 fully saturated rings. The van der Waals surface area contributed by atoms with Crippen LogP contribution < -0.4 is 10.5 Å². The van der Waals surface area contributed by atoms with Gasteiger partial charge in [-0.25, -0.2) is 0 Å². The van der Waals surface area contributed by atoms with Crippen LogP contribution in [0.3, 0.4) is 0 Å². The van der Waals surface area contributed by atoms with Crippen molar-refractivity contribution in [2.75, 3.05) is 12.3 Å². The number of Topliss-reactive ketones (excluding diaryl/α,β-unsaturated/α-hetero) is 1. The van der Waals surface area contributed by atoms with Crippen LogP contribution in [0.1, 0.15) is 16.8 Å². The van der Waals surface area contributed by atoms with E-state index in [-0.39, 0.29) is 5.78 Å². The molecule has 0 atom stereocenters. The van der Waals surface area contributed by atoms with Crippen LogP contribution in [0.2, 0.25) is 5.02 Å². The number of hydrogen-bond donors (Lipinski definition) is 1. The van der Waals surface area contributed by atoms with Crippen molar-refractivity contribution in [2.24, 2.45) is 0 Å². The third-order valence-electron chi connectivity index (χ3n) is 1.96. The van der Waals surface area contributed by atoms with Crippen molar-refractivity contribution in [2.45, 2.75) is 6.42 Å². The third-order valence-corrected chi connectivity index (χ3v) is 2.18. The van der Waals surface area contributed by atoms with Gasteiger partial charge in [0.2, 0.25) is 0 Å². The van der Waals surface area contributed by atoms with Crippen molar-refractivity contribution < 1.29 is 9.53 Å². The second-order valence-corrected chi connectivity index (χ2v) is 3.33. The molecule has 0 bridgehead atoms. The summed E-state index contributed by atoms with van der Waals surface area (Å²) >= 11 is 5.76. The molecule has 0 aromatic heterocycles. The molecule has 2 rings (SSSR count). The minimum absolute atomic E-state index is 0.0375. The molecule has 68 valence electrons. The van der Waals surface area contributed by atoms with Crippen molar-refractivity contribution in [3.05, 3.63) is 22.7 Å². The highest BCUT2D eigenvalue weighted by molar-refractivity contribution is 6.31. The normalized spacial score (nSPS) is 15.0. The molecular weight excluding hydrogens is 190 g/mol. The SMILES string of the molecule is Nc1cc(Cl)cc2c1OCCC2=O. The molecule has 0 saturated heterocycles. The maximum atomic E-state index is 11.4. The van der Waals surface area contributed by atoms with Gasteiger partial charge in [-0.05, 0) is 12.1 Å². The maximum Gasteiger partial charge on any atom is 0.170 e. The summed E-state index contributed by atoms with van der Waals surface area (Å²) in [7, 11) is 0. The first-order chi connectivity index (χ1) is 6.18. The molecule has 0 aliphatic carbocycles. The second-order valence-electron chi connectivity index (χ2n) is 2.89. The molecule has 0 amide bonds. The summed E-state index contributed by atoms with van der Waals surface area (Å²) in [5.74, 6) is 0.510. The average molecular weight is 198 g/mol. The number of hydrogen-bond acceptors (Lipinski definition) is 3. The Kier molecular flexibility index (Phi) is 1.88. The molecule has 1 aromatic rings. The molecular formula is C9H8ClNO2. The van der Waals surface area contributed by atoms with Gasteiger partial charge in [0.15, 0.2) is 11.5 Å². The molecule has 4 heteroatoms. The van der Waals surface area contributed by atoms with Gasteiger partial charge in [0.05, 0.1) is 17.9 Å². The molecule has 0 radical (unpaired) electrons. The first-order valence-corrected chi connectivity index (χ1v) is 4.31. The topological polar surface area (TPSA) is 52.3 Å². The number of ketones is 1. The van der Waals surface area contributed by atoms with E-state index in [9.17, 15) is 4.79 Å². The monoisotopic (exact) mass is 197 g/mol. The number of rotatable bonds is 0. The van der Waals surface area contributed by atoms with Gasteiger partial charge in [-0.2, -0.15) is 0 Å². The Labute approximate surface area is 80.4 Å². The van der Waals surface area contributed by atoms with Crippen molar-refractivity contribution in [3.63, 3.8) is 0 Å². The molecule has 13 heavy (non-hydrogen) atoms. The van der Waals surface area contributed by atoms with E-state index < -0.39 is 0 Å². The van der Waals surface area contributed by atoms with Crippen LogP contribution in [0.4, 0.5) is 5.69 Å². The van der Waals surface area contributed by atoms with Gasteiger partial charge < -0.3 is 10.5 Å². The highest BCUT2D eigenvalue weighted by atomic mass is 35.5. The number of carbonyl (C=O) groups excluding carboxylic acids is 1. The number of ether oxygens (including phenoxy) is 1. The van der Waals surface area contributed by atoms with E-state index in [0.29, 0.717) is 35.1 Å². The van der Waals surface area contributed by atoms with Crippen LogP contribution in [0.25, 0.3) is 0 Å². The van der Waals surface area contributed by atoms with E-state index in [1.165, 1.54) is 0 Å². The molecule has 0 saturated carbocycles. The van der Waals surface area contributed by atoms with E-state index in [0.717, 1.165) is 0 Å². The summed E-state index contributed by atoms with van der Waals surface area (Å²) in [6, 6.07) is 3.17. The quantitative estimate of drug-likeness (QED) is 0.647. The summed E-state index contributed by atoms with van der Waals surface area (Å²) in [5, 5.41) is 0.468. The average Bonchev–Trinajstić information content (AvgIpc) is 2.07. The van der Waals surface area contributed by atoms with Gasteiger partial charge in [-0.3, -0.25) is 4.79 Å². The number of anilines is 1. The number of nitrogens with two attached hydrogens (primary N) is 1. The summed E-state index contributed by atoms with van der Waals surface area (Å²) < 4.78 is 5.28. The lowest BCUT2D eigenvalue weighted by Crippen LogP contribution is -2.16. The Balaban J connectivity index is 2.63. The molecule has 0 unspecified atom stereocenters. The minimum atomic E-state index is 0.0375. The zero-order chi connectivity index (χ0) is 9.42. The fourth-order valence-corrected chi connectivity index (χ4v) is 1.59. The number of carbonyl (C=O) groups is 1. The zero-order valence-corrected chi connectivity index (χ0v) is 7.60. The van der Waals surface area contributed by atoms with E-state index in [4.69, 9.17) is 22.1 Å². The van der Waals surface area contributed by atoms with Crippen molar-refractivity contribution in [1.29, 1.82) is 0 Å². The van der Waals surface area contributed by atoms with Gasteiger partial charge >= 0.3 is 0 Å². The molecule has 1 aliphatic rings. The Hall–Kier alpha value is -1.22. The van der Waals surface area contributed by atoms with Crippen molar-refractivity contribution >= 4 is 23.1 Å². The van der Waals surface area contributed by atoms with E-state index in [2.05, 4.69) is 0 Å². The van der Waals surface area contributed by atoms with Crippen molar-refractivity contribution in [3.8, 4) is 5.75 Å². The van der Waals surface area contributed by atoms with Crippen LogP contribution in [0.5, 0.6) is 5.75 Å². The smallest absolute Gasteiger partial charge is 0.170 e. The van der Waals surface area contributed by atoms with E-state index in [1.54, 1.807) is 12.1 Å². The molecule has 0 spiro atoms. The molecule has 1 heterocycles. The largest absolute Gasteiger partial charge is 0.490 e. The summed E-state index contributed by atoms with van der Waals surface area (Å²) in [6.07, 6.45) is 0.396. The summed E-state index contributed by atoms with van der Waals surface area (Å²) in [4.78, 5) is 11.4. The molecule has 1 aromatic carbocycles. The molecule has 1 aliphatic heterocycles. The fraction of sp³-hybridized carbons (Fsp3) is 0.222.